The van der Waals surface area contributed by atoms with Crippen molar-refractivity contribution >= 4 is 0 Å². The van der Waals surface area contributed by atoms with E-state index in [9.17, 15) is 0 Å². The van der Waals surface area contributed by atoms with Crippen molar-refractivity contribution in [2.24, 2.45) is 0 Å². The largest absolute Gasteiger partial charge is 0.314 e. The Hall–Kier alpha value is -1.64. The molecule has 2 aromatic rings. The summed E-state index contributed by atoms with van der Waals surface area (Å²) in [6.45, 7) is 8.81. The summed E-state index contributed by atoms with van der Waals surface area (Å²) in [5, 5.41) is 3.46. The highest BCUT2D eigenvalue weighted by Crippen LogP contribution is 2.32. The quantitative estimate of drug-likeness (QED) is 0.928. The van der Waals surface area contributed by atoms with Crippen LogP contribution in [0.1, 0.15) is 28.3 Å². The molecule has 1 N–H and O–H groups in total. The van der Waals surface area contributed by atoms with Crippen LogP contribution in [0.15, 0.2) is 48.5 Å². The molecule has 0 atom stereocenters. The van der Waals surface area contributed by atoms with Crippen LogP contribution in [0.2, 0.25) is 0 Å². The lowest BCUT2D eigenvalue weighted by molar-refractivity contribution is 0.197. The topological polar surface area (TPSA) is 15.3 Å². The van der Waals surface area contributed by atoms with Gasteiger partial charge < -0.3 is 5.32 Å². The van der Waals surface area contributed by atoms with E-state index in [1.807, 2.05) is 0 Å². The summed E-state index contributed by atoms with van der Waals surface area (Å²) in [5.41, 5.74) is 5.64. The van der Waals surface area contributed by atoms with E-state index in [0.29, 0.717) is 6.04 Å². The van der Waals surface area contributed by atoms with Gasteiger partial charge >= 0.3 is 0 Å². The molecule has 0 aliphatic carbocycles. The maximum atomic E-state index is 3.46. The number of benzene rings is 2. The van der Waals surface area contributed by atoms with E-state index < -0.39 is 0 Å². The number of nitrogens with one attached hydrogen (secondary N) is 1. The fourth-order valence-electron chi connectivity index (χ4n) is 3.29. The second kappa shape index (κ2) is 6.42. The number of aryl methyl sites for hydroxylation is 2. The first-order valence-corrected chi connectivity index (χ1v) is 7.83. The number of hydrogen-bond acceptors (Lipinski definition) is 2. The summed E-state index contributed by atoms with van der Waals surface area (Å²) < 4.78 is 0. The van der Waals surface area contributed by atoms with Gasteiger partial charge in [0, 0.05) is 26.2 Å². The van der Waals surface area contributed by atoms with Crippen LogP contribution in [0.4, 0.5) is 0 Å². The van der Waals surface area contributed by atoms with Crippen LogP contribution in [0.3, 0.4) is 0 Å². The first-order chi connectivity index (χ1) is 10.3. The summed E-state index contributed by atoms with van der Waals surface area (Å²) in [7, 11) is 0. The van der Waals surface area contributed by atoms with Gasteiger partial charge in [-0.2, -0.15) is 0 Å². The Kier molecular flexibility index (Phi) is 4.37. The van der Waals surface area contributed by atoms with Gasteiger partial charge in [0.25, 0.3) is 0 Å². The molecule has 110 valence electrons. The standard InChI is InChI=1S/C19H24N2/c1-15-7-3-5-9-17(15)19(21-13-11-20-12-14-21)18-10-6-4-8-16(18)2/h3-10,19-20H,11-14H2,1-2H3. The van der Waals surface area contributed by atoms with Gasteiger partial charge in [0.15, 0.2) is 0 Å². The molecule has 0 spiro atoms. The summed E-state index contributed by atoms with van der Waals surface area (Å²) in [4.78, 5) is 2.61. The van der Waals surface area contributed by atoms with Gasteiger partial charge in [-0.15, -0.1) is 0 Å². The molecule has 0 bridgehead atoms. The van der Waals surface area contributed by atoms with Crippen molar-refractivity contribution in [1.29, 1.82) is 0 Å². The van der Waals surface area contributed by atoms with Crippen LogP contribution in [0.5, 0.6) is 0 Å². The summed E-state index contributed by atoms with van der Waals surface area (Å²) in [6, 6.07) is 18.0. The first-order valence-electron chi connectivity index (χ1n) is 7.83. The highest BCUT2D eigenvalue weighted by Gasteiger charge is 2.25. The van der Waals surface area contributed by atoms with Gasteiger partial charge in [-0.1, -0.05) is 48.5 Å². The van der Waals surface area contributed by atoms with Crippen LogP contribution in [-0.4, -0.2) is 31.1 Å². The van der Waals surface area contributed by atoms with E-state index in [1.54, 1.807) is 0 Å². The zero-order valence-electron chi connectivity index (χ0n) is 13.0. The molecular formula is C19H24N2. The van der Waals surface area contributed by atoms with Gasteiger partial charge in [0.05, 0.1) is 6.04 Å². The molecule has 0 amide bonds. The van der Waals surface area contributed by atoms with E-state index in [-0.39, 0.29) is 0 Å². The first kappa shape index (κ1) is 14.3. The van der Waals surface area contributed by atoms with E-state index in [0.717, 1.165) is 26.2 Å². The second-order valence-electron chi connectivity index (χ2n) is 5.90. The van der Waals surface area contributed by atoms with Crippen LogP contribution >= 0.6 is 0 Å². The number of hydrogen-bond donors (Lipinski definition) is 1. The number of piperazine rings is 1. The molecule has 1 saturated heterocycles. The Labute approximate surface area is 127 Å². The predicted molar refractivity (Wildman–Crippen MR) is 88.6 cm³/mol. The van der Waals surface area contributed by atoms with Gasteiger partial charge in [0.2, 0.25) is 0 Å². The summed E-state index contributed by atoms with van der Waals surface area (Å²) in [5.74, 6) is 0. The van der Waals surface area contributed by atoms with Crippen molar-refractivity contribution < 1.29 is 0 Å². The Bertz CT molecular complexity index is 555. The SMILES string of the molecule is Cc1ccccc1C(c1ccccc1C)N1CCNCC1. The maximum Gasteiger partial charge on any atom is 0.0607 e. The van der Waals surface area contributed by atoms with Crippen LogP contribution in [-0.2, 0) is 0 Å². The minimum absolute atomic E-state index is 0.370. The van der Waals surface area contributed by atoms with E-state index >= 15 is 0 Å². The van der Waals surface area contributed by atoms with Crippen molar-refractivity contribution in [2.45, 2.75) is 19.9 Å². The molecule has 2 nitrogen and oxygen atoms in total. The fourth-order valence-corrected chi connectivity index (χ4v) is 3.29. The molecule has 0 aromatic heterocycles. The highest BCUT2D eigenvalue weighted by atomic mass is 15.2. The lowest BCUT2D eigenvalue weighted by atomic mass is 9.90. The van der Waals surface area contributed by atoms with E-state index in [2.05, 4.69) is 72.6 Å². The molecule has 0 saturated carbocycles. The molecule has 0 unspecified atom stereocenters. The third-order valence-corrected chi connectivity index (χ3v) is 4.48. The molecule has 3 rings (SSSR count). The Balaban J connectivity index is 2.07. The smallest absolute Gasteiger partial charge is 0.0607 e. The van der Waals surface area contributed by atoms with E-state index in [4.69, 9.17) is 0 Å². The molecule has 1 aliphatic rings. The van der Waals surface area contributed by atoms with Crippen LogP contribution in [0.25, 0.3) is 0 Å². The average Bonchev–Trinajstić information content (AvgIpc) is 2.52. The van der Waals surface area contributed by atoms with Gasteiger partial charge in [-0.25, -0.2) is 0 Å². The maximum absolute atomic E-state index is 3.46. The molecule has 0 radical (unpaired) electrons. The zero-order valence-corrected chi connectivity index (χ0v) is 13.0. The predicted octanol–water partition coefficient (Wildman–Crippen LogP) is 3.30. The van der Waals surface area contributed by atoms with Crippen LogP contribution < -0.4 is 5.32 Å². The lowest BCUT2D eigenvalue weighted by Crippen LogP contribution is -2.45. The Morgan fingerprint density at radius 2 is 1.29 bits per heavy atom. The summed E-state index contributed by atoms with van der Waals surface area (Å²) >= 11 is 0. The van der Waals surface area contributed by atoms with Crippen molar-refractivity contribution in [2.75, 3.05) is 26.2 Å². The minimum atomic E-state index is 0.370. The van der Waals surface area contributed by atoms with Crippen molar-refractivity contribution in [3.05, 3.63) is 70.8 Å². The van der Waals surface area contributed by atoms with Gasteiger partial charge in [-0.3, -0.25) is 4.90 Å². The van der Waals surface area contributed by atoms with Gasteiger partial charge in [-0.05, 0) is 36.1 Å². The third kappa shape index (κ3) is 3.02. The van der Waals surface area contributed by atoms with Crippen LogP contribution in [0, 0.1) is 13.8 Å². The molecule has 1 aliphatic heterocycles. The monoisotopic (exact) mass is 280 g/mol. The zero-order chi connectivity index (χ0) is 14.7. The van der Waals surface area contributed by atoms with Crippen molar-refractivity contribution in [3.8, 4) is 0 Å². The number of rotatable bonds is 3. The lowest BCUT2D eigenvalue weighted by Gasteiger charge is -2.37. The highest BCUT2D eigenvalue weighted by molar-refractivity contribution is 5.40. The van der Waals surface area contributed by atoms with E-state index in [1.165, 1.54) is 22.3 Å². The minimum Gasteiger partial charge on any atom is -0.314 e. The molecule has 2 heteroatoms. The number of nitrogens with zero attached hydrogens (tertiary/aromatic N) is 1. The van der Waals surface area contributed by atoms with Crippen molar-refractivity contribution in [3.63, 3.8) is 0 Å². The molecule has 1 heterocycles. The third-order valence-electron chi connectivity index (χ3n) is 4.48. The normalized spacial score (nSPS) is 16.3. The fraction of sp³-hybridized carbons (Fsp3) is 0.368. The summed E-state index contributed by atoms with van der Waals surface area (Å²) in [6.07, 6.45) is 0. The average molecular weight is 280 g/mol. The van der Waals surface area contributed by atoms with Crippen molar-refractivity contribution in [1.82, 2.24) is 10.2 Å². The Morgan fingerprint density at radius 3 is 1.76 bits per heavy atom. The molecule has 2 aromatic carbocycles. The molecule has 1 fully saturated rings. The molecular weight excluding hydrogens is 256 g/mol. The molecule has 21 heavy (non-hydrogen) atoms. The Morgan fingerprint density at radius 1 is 0.810 bits per heavy atom. The van der Waals surface area contributed by atoms with Gasteiger partial charge in [0.1, 0.15) is 0 Å². The second-order valence-corrected chi connectivity index (χ2v) is 5.90.